The lowest BCUT2D eigenvalue weighted by molar-refractivity contribution is -0.385. The summed E-state index contributed by atoms with van der Waals surface area (Å²) < 4.78 is 1.99. The van der Waals surface area contributed by atoms with Crippen LogP contribution in [0.25, 0.3) is 11.0 Å². The highest BCUT2D eigenvalue weighted by Crippen LogP contribution is 2.29. The molecule has 0 saturated carbocycles. The molecule has 0 aliphatic carbocycles. The number of nitro groups is 1. The fourth-order valence-electron chi connectivity index (χ4n) is 2.53. The SMILES string of the molecule is CCCn1c(N=Cc2cccc([N+](=O)[O-])c2O)nc2ccccc21. The number of nitro benzene ring substituents is 1. The van der Waals surface area contributed by atoms with E-state index in [0.717, 1.165) is 24.0 Å². The summed E-state index contributed by atoms with van der Waals surface area (Å²) in [6, 6.07) is 12.1. The molecular weight excluding hydrogens is 308 g/mol. The van der Waals surface area contributed by atoms with Crippen LogP contribution in [0.15, 0.2) is 47.5 Å². The molecule has 0 spiro atoms. The Morgan fingerprint density at radius 1 is 1.29 bits per heavy atom. The predicted molar refractivity (Wildman–Crippen MR) is 92.0 cm³/mol. The minimum Gasteiger partial charge on any atom is -0.502 e. The van der Waals surface area contributed by atoms with E-state index in [2.05, 4.69) is 16.9 Å². The van der Waals surface area contributed by atoms with E-state index in [1.165, 1.54) is 18.3 Å². The molecule has 0 atom stereocenters. The summed E-state index contributed by atoms with van der Waals surface area (Å²) in [5.74, 6) is 0.105. The minimum atomic E-state index is -0.626. The van der Waals surface area contributed by atoms with Crippen molar-refractivity contribution in [1.29, 1.82) is 0 Å². The zero-order chi connectivity index (χ0) is 17.1. The van der Waals surface area contributed by atoms with Crippen molar-refractivity contribution in [2.75, 3.05) is 0 Å². The topological polar surface area (TPSA) is 93.5 Å². The predicted octanol–water partition coefficient (Wildman–Crippen LogP) is 3.81. The van der Waals surface area contributed by atoms with Crippen molar-refractivity contribution in [3.8, 4) is 5.75 Å². The van der Waals surface area contributed by atoms with E-state index in [0.29, 0.717) is 5.95 Å². The fourth-order valence-corrected chi connectivity index (χ4v) is 2.53. The lowest BCUT2D eigenvalue weighted by Crippen LogP contribution is -1.96. The molecule has 0 unspecified atom stereocenters. The molecule has 7 heteroatoms. The van der Waals surface area contributed by atoms with Crippen LogP contribution in [0, 0.1) is 10.1 Å². The van der Waals surface area contributed by atoms with E-state index < -0.39 is 10.7 Å². The van der Waals surface area contributed by atoms with Gasteiger partial charge in [0.2, 0.25) is 11.7 Å². The number of phenolic OH excluding ortho intramolecular Hbond substituents is 1. The van der Waals surface area contributed by atoms with Crippen LogP contribution < -0.4 is 0 Å². The van der Waals surface area contributed by atoms with Gasteiger partial charge in [0.25, 0.3) is 0 Å². The Hall–Kier alpha value is -3.22. The third kappa shape index (κ3) is 2.83. The molecule has 1 N–H and O–H groups in total. The van der Waals surface area contributed by atoms with Crippen LogP contribution in [0.1, 0.15) is 18.9 Å². The first kappa shape index (κ1) is 15.7. The third-order valence-electron chi connectivity index (χ3n) is 3.64. The summed E-state index contributed by atoms with van der Waals surface area (Å²) in [5.41, 5.74) is 1.75. The first-order valence-corrected chi connectivity index (χ1v) is 7.57. The van der Waals surface area contributed by atoms with E-state index in [9.17, 15) is 15.2 Å². The molecule has 2 aromatic carbocycles. The number of aromatic nitrogens is 2. The quantitative estimate of drug-likeness (QED) is 0.438. The number of aromatic hydroxyl groups is 1. The van der Waals surface area contributed by atoms with Gasteiger partial charge in [-0.1, -0.05) is 25.1 Å². The number of phenols is 1. The Labute approximate surface area is 138 Å². The van der Waals surface area contributed by atoms with Gasteiger partial charge in [-0.2, -0.15) is 0 Å². The van der Waals surface area contributed by atoms with E-state index in [1.54, 1.807) is 6.07 Å². The monoisotopic (exact) mass is 324 g/mol. The molecule has 0 aliphatic heterocycles. The molecule has 0 fully saturated rings. The lowest BCUT2D eigenvalue weighted by atomic mass is 10.2. The fraction of sp³-hybridized carbons (Fsp3) is 0.176. The van der Waals surface area contributed by atoms with Gasteiger partial charge >= 0.3 is 5.69 Å². The second kappa shape index (κ2) is 6.49. The van der Waals surface area contributed by atoms with E-state index in [4.69, 9.17) is 0 Å². The molecule has 0 radical (unpaired) electrons. The molecule has 122 valence electrons. The maximum atomic E-state index is 10.9. The molecule has 3 aromatic rings. The van der Waals surface area contributed by atoms with Crippen molar-refractivity contribution in [2.24, 2.45) is 4.99 Å². The summed E-state index contributed by atoms with van der Waals surface area (Å²) in [7, 11) is 0. The first-order valence-electron chi connectivity index (χ1n) is 7.57. The number of aliphatic imine (C=N–C) groups is 1. The van der Waals surface area contributed by atoms with Crippen molar-refractivity contribution in [3.05, 3.63) is 58.1 Å². The Bertz CT molecular complexity index is 931. The molecule has 3 rings (SSSR count). The molecule has 0 bridgehead atoms. The standard InChI is InChI=1S/C17H16N4O3/c1-2-10-20-14-8-4-3-7-13(14)19-17(20)18-11-12-6-5-9-15(16(12)22)21(23)24/h3-9,11,22H,2,10H2,1H3. The van der Waals surface area contributed by atoms with Crippen molar-refractivity contribution in [2.45, 2.75) is 19.9 Å². The van der Waals surface area contributed by atoms with Crippen molar-refractivity contribution < 1.29 is 10.0 Å². The highest BCUT2D eigenvalue weighted by molar-refractivity contribution is 5.87. The van der Waals surface area contributed by atoms with Crippen LogP contribution in [0.2, 0.25) is 0 Å². The van der Waals surface area contributed by atoms with Gasteiger partial charge < -0.3 is 9.67 Å². The van der Waals surface area contributed by atoms with Gasteiger partial charge in [-0.25, -0.2) is 9.98 Å². The van der Waals surface area contributed by atoms with Gasteiger partial charge in [0.1, 0.15) is 0 Å². The van der Waals surface area contributed by atoms with Crippen molar-refractivity contribution in [3.63, 3.8) is 0 Å². The number of rotatable bonds is 5. The molecule has 1 aromatic heterocycles. The van der Waals surface area contributed by atoms with Crippen LogP contribution >= 0.6 is 0 Å². The van der Waals surface area contributed by atoms with Gasteiger partial charge in [0.15, 0.2) is 0 Å². The lowest BCUT2D eigenvalue weighted by Gasteiger charge is -2.04. The molecule has 7 nitrogen and oxygen atoms in total. The average Bonchev–Trinajstić information content (AvgIpc) is 2.92. The van der Waals surface area contributed by atoms with Crippen LogP contribution in [-0.4, -0.2) is 25.8 Å². The van der Waals surface area contributed by atoms with Crippen molar-refractivity contribution >= 4 is 28.9 Å². The number of hydrogen-bond acceptors (Lipinski definition) is 5. The first-order chi connectivity index (χ1) is 11.6. The number of fused-ring (bicyclic) bond motifs is 1. The van der Waals surface area contributed by atoms with Gasteiger partial charge in [0, 0.05) is 24.4 Å². The Morgan fingerprint density at radius 2 is 2.08 bits per heavy atom. The number of para-hydroxylation sites is 3. The van der Waals surface area contributed by atoms with Gasteiger partial charge in [-0.05, 0) is 24.6 Å². The second-order valence-corrected chi connectivity index (χ2v) is 5.28. The molecule has 0 aliphatic rings. The molecule has 0 saturated heterocycles. The molecular formula is C17H16N4O3. The van der Waals surface area contributed by atoms with Gasteiger partial charge in [0.05, 0.1) is 16.0 Å². The summed E-state index contributed by atoms with van der Waals surface area (Å²) >= 11 is 0. The van der Waals surface area contributed by atoms with Crippen LogP contribution in [-0.2, 0) is 6.54 Å². The zero-order valence-corrected chi connectivity index (χ0v) is 13.1. The summed E-state index contributed by atoms with van der Waals surface area (Å²) in [6.45, 7) is 2.82. The number of nitrogens with zero attached hydrogens (tertiary/aromatic N) is 4. The zero-order valence-electron chi connectivity index (χ0n) is 13.1. The van der Waals surface area contributed by atoms with Gasteiger partial charge in [-0.3, -0.25) is 10.1 Å². The van der Waals surface area contributed by atoms with Crippen LogP contribution in [0.3, 0.4) is 0 Å². The molecule has 1 heterocycles. The number of hydrogen-bond donors (Lipinski definition) is 1. The van der Waals surface area contributed by atoms with Crippen molar-refractivity contribution in [1.82, 2.24) is 9.55 Å². The third-order valence-corrected chi connectivity index (χ3v) is 3.64. The van der Waals surface area contributed by atoms with E-state index >= 15 is 0 Å². The Morgan fingerprint density at radius 3 is 2.83 bits per heavy atom. The Balaban J connectivity index is 2.04. The summed E-state index contributed by atoms with van der Waals surface area (Å²) in [6.07, 6.45) is 2.32. The minimum absolute atomic E-state index is 0.277. The van der Waals surface area contributed by atoms with Crippen LogP contribution in [0.4, 0.5) is 11.6 Å². The normalized spacial score (nSPS) is 11.4. The smallest absolute Gasteiger partial charge is 0.311 e. The maximum absolute atomic E-state index is 10.9. The maximum Gasteiger partial charge on any atom is 0.311 e. The summed E-state index contributed by atoms with van der Waals surface area (Å²) in [5, 5.41) is 20.9. The Kier molecular flexibility index (Phi) is 4.24. The second-order valence-electron chi connectivity index (χ2n) is 5.28. The number of benzene rings is 2. The highest BCUT2D eigenvalue weighted by atomic mass is 16.6. The largest absolute Gasteiger partial charge is 0.502 e. The summed E-state index contributed by atoms with van der Waals surface area (Å²) in [4.78, 5) is 19.1. The molecule has 24 heavy (non-hydrogen) atoms. The van der Waals surface area contributed by atoms with Gasteiger partial charge in [-0.15, -0.1) is 0 Å². The van der Waals surface area contributed by atoms with E-state index in [-0.39, 0.29) is 11.3 Å². The number of aryl methyl sites for hydroxylation is 1. The average molecular weight is 324 g/mol. The highest BCUT2D eigenvalue weighted by Gasteiger charge is 2.15. The number of imidazole rings is 1. The molecule has 0 amide bonds. The van der Waals surface area contributed by atoms with Crippen LogP contribution in [0.5, 0.6) is 5.75 Å². The van der Waals surface area contributed by atoms with E-state index in [1.807, 2.05) is 28.8 Å².